The summed E-state index contributed by atoms with van der Waals surface area (Å²) >= 11 is 0. The number of rotatable bonds is 4. The summed E-state index contributed by atoms with van der Waals surface area (Å²) in [6.07, 6.45) is 5.93. The fourth-order valence-corrected chi connectivity index (χ4v) is 1.48. The third-order valence-corrected chi connectivity index (χ3v) is 2.66. The van der Waals surface area contributed by atoms with Gasteiger partial charge in [0.25, 0.3) is 0 Å². The standard InChI is InChI=1S/C14H20/c1-4-6-7-13-8-10-14(11-9-13)12(3)5-2/h5,8-11H,4,6-7H2,1-3H3/b12-5+. The predicted octanol–water partition coefficient (Wildman–Crippen LogP) is 4.45. The van der Waals surface area contributed by atoms with Crippen molar-refractivity contribution in [1.82, 2.24) is 0 Å². The van der Waals surface area contributed by atoms with Crippen LogP contribution in [0.25, 0.3) is 5.57 Å². The Morgan fingerprint density at radius 3 is 2.36 bits per heavy atom. The summed E-state index contributed by atoms with van der Waals surface area (Å²) in [6, 6.07) is 8.94. The quantitative estimate of drug-likeness (QED) is 0.654. The molecule has 0 atom stereocenters. The number of allylic oxidation sites excluding steroid dienone is 2. The largest absolute Gasteiger partial charge is 0.0841 e. The average molecular weight is 188 g/mol. The molecule has 1 rings (SSSR count). The molecular formula is C14H20. The van der Waals surface area contributed by atoms with E-state index >= 15 is 0 Å². The van der Waals surface area contributed by atoms with Gasteiger partial charge < -0.3 is 0 Å². The molecule has 0 saturated heterocycles. The Balaban J connectivity index is 2.68. The summed E-state index contributed by atoms with van der Waals surface area (Å²) in [5.74, 6) is 0. The van der Waals surface area contributed by atoms with Crippen LogP contribution in [0, 0.1) is 0 Å². The summed E-state index contributed by atoms with van der Waals surface area (Å²) in [5.41, 5.74) is 4.15. The van der Waals surface area contributed by atoms with Gasteiger partial charge in [-0.15, -0.1) is 0 Å². The maximum Gasteiger partial charge on any atom is -0.0230 e. The molecule has 0 amide bonds. The highest BCUT2D eigenvalue weighted by Crippen LogP contribution is 2.15. The van der Waals surface area contributed by atoms with Gasteiger partial charge in [-0.25, -0.2) is 0 Å². The molecule has 0 radical (unpaired) electrons. The van der Waals surface area contributed by atoms with Crippen LogP contribution in [0.2, 0.25) is 0 Å². The average Bonchev–Trinajstić information content (AvgIpc) is 2.26. The van der Waals surface area contributed by atoms with E-state index < -0.39 is 0 Å². The lowest BCUT2D eigenvalue weighted by Gasteiger charge is -2.03. The first kappa shape index (κ1) is 11.0. The third-order valence-electron chi connectivity index (χ3n) is 2.66. The summed E-state index contributed by atoms with van der Waals surface area (Å²) in [6.45, 7) is 6.47. The molecule has 0 aliphatic carbocycles. The summed E-state index contributed by atoms with van der Waals surface area (Å²) < 4.78 is 0. The first-order valence-electron chi connectivity index (χ1n) is 5.50. The smallest absolute Gasteiger partial charge is 0.0230 e. The molecule has 0 heteroatoms. The Kier molecular flexibility index (Phi) is 4.45. The van der Waals surface area contributed by atoms with Gasteiger partial charge in [-0.2, -0.15) is 0 Å². The first-order valence-corrected chi connectivity index (χ1v) is 5.50. The summed E-state index contributed by atoms with van der Waals surface area (Å²) in [7, 11) is 0. The van der Waals surface area contributed by atoms with Gasteiger partial charge in [-0.3, -0.25) is 0 Å². The topological polar surface area (TPSA) is 0 Å². The van der Waals surface area contributed by atoms with Crippen molar-refractivity contribution in [3.05, 3.63) is 41.5 Å². The van der Waals surface area contributed by atoms with Gasteiger partial charge in [0.15, 0.2) is 0 Å². The molecule has 0 bridgehead atoms. The summed E-state index contributed by atoms with van der Waals surface area (Å²) in [5, 5.41) is 0. The van der Waals surface area contributed by atoms with E-state index in [-0.39, 0.29) is 0 Å². The van der Waals surface area contributed by atoms with E-state index in [9.17, 15) is 0 Å². The van der Waals surface area contributed by atoms with Crippen molar-refractivity contribution in [3.63, 3.8) is 0 Å². The van der Waals surface area contributed by atoms with Crippen LogP contribution in [0.4, 0.5) is 0 Å². The van der Waals surface area contributed by atoms with Crippen molar-refractivity contribution in [2.75, 3.05) is 0 Å². The van der Waals surface area contributed by atoms with Gasteiger partial charge in [-0.05, 0) is 43.4 Å². The maximum absolute atomic E-state index is 2.25. The summed E-state index contributed by atoms with van der Waals surface area (Å²) in [4.78, 5) is 0. The molecule has 0 fully saturated rings. The molecule has 0 aromatic heterocycles. The zero-order valence-corrected chi connectivity index (χ0v) is 9.51. The van der Waals surface area contributed by atoms with Crippen LogP contribution in [0.3, 0.4) is 0 Å². The lowest BCUT2D eigenvalue weighted by atomic mass is 10.0. The SMILES string of the molecule is C/C=C(\C)c1ccc(CCCC)cc1. The minimum absolute atomic E-state index is 1.21. The van der Waals surface area contributed by atoms with Crippen LogP contribution >= 0.6 is 0 Å². The van der Waals surface area contributed by atoms with E-state index in [0.717, 1.165) is 0 Å². The van der Waals surface area contributed by atoms with Gasteiger partial charge in [0, 0.05) is 0 Å². The lowest BCUT2D eigenvalue weighted by Crippen LogP contribution is -1.85. The van der Waals surface area contributed by atoms with Crippen LogP contribution in [-0.2, 0) is 6.42 Å². The van der Waals surface area contributed by atoms with E-state index in [1.807, 2.05) is 0 Å². The Hall–Kier alpha value is -1.04. The van der Waals surface area contributed by atoms with Gasteiger partial charge >= 0.3 is 0 Å². The zero-order valence-electron chi connectivity index (χ0n) is 9.51. The number of hydrogen-bond acceptors (Lipinski definition) is 0. The molecular weight excluding hydrogens is 168 g/mol. The van der Waals surface area contributed by atoms with Crippen molar-refractivity contribution >= 4 is 5.57 Å². The van der Waals surface area contributed by atoms with Crippen LogP contribution in [0.5, 0.6) is 0 Å². The number of hydrogen-bond donors (Lipinski definition) is 0. The fraction of sp³-hybridized carbons (Fsp3) is 0.429. The third kappa shape index (κ3) is 3.02. The Labute approximate surface area is 87.7 Å². The second-order valence-corrected chi connectivity index (χ2v) is 3.77. The molecule has 0 saturated carbocycles. The monoisotopic (exact) mass is 188 g/mol. The van der Waals surface area contributed by atoms with E-state index in [1.165, 1.54) is 36.0 Å². The van der Waals surface area contributed by atoms with Crippen molar-refractivity contribution in [3.8, 4) is 0 Å². The van der Waals surface area contributed by atoms with E-state index in [2.05, 4.69) is 51.1 Å². The second-order valence-electron chi connectivity index (χ2n) is 3.77. The lowest BCUT2D eigenvalue weighted by molar-refractivity contribution is 0.795. The maximum atomic E-state index is 2.25. The minimum atomic E-state index is 1.21. The van der Waals surface area contributed by atoms with Gasteiger partial charge in [0.2, 0.25) is 0 Å². The normalized spacial score (nSPS) is 11.8. The molecule has 1 aromatic rings. The number of benzene rings is 1. The van der Waals surface area contributed by atoms with Crippen LogP contribution in [0.15, 0.2) is 30.3 Å². The highest BCUT2D eigenvalue weighted by Gasteiger charge is 1.95. The number of aryl methyl sites for hydroxylation is 1. The van der Waals surface area contributed by atoms with Crippen LogP contribution in [-0.4, -0.2) is 0 Å². The van der Waals surface area contributed by atoms with Crippen LogP contribution < -0.4 is 0 Å². The van der Waals surface area contributed by atoms with Crippen molar-refractivity contribution in [2.45, 2.75) is 40.0 Å². The van der Waals surface area contributed by atoms with Gasteiger partial charge in [0.05, 0.1) is 0 Å². The van der Waals surface area contributed by atoms with Gasteiger partial charge in [-0.1, -0.05) is 43.7 Å². The predicted molar refractivity (Wildman–Crippen MR) is 64.4 cm³/mol. The fourth-order valence-electron chi connectivity index (χ4n) is 1.48. The molecule has 76 valence electrons. The molecule has 0 nitrogen and oxygen atoms in total. The van der Waals surface area contributed by atoms with Gasteiger partial charge in [0.1, 0.15) is 0 Å². The van der Waals surface area contributed by atoms with Crippen LogP contribution in [0.1, 0.15) is 44.7 Å². The van der Waals surface area contributed by atoms with Crippen molar-refractivity contribution in [1.29, 1.82) is 0 Å². The Morgan fingerprint density at radius 1 is 1.21 bits per heavy atom. The van der Waals surface area contributed by atoms with E-state index in [1.54, 1.807) is 0 Å². The Morgan fingerprint density at radius 2 is 1.86 bits per heavy atom. The van der Waals surface area contributed by atoms with Crippen molar-refractivity contribution in [2.24, 2.45) is 0 Å². The molecule has 0 aliphatic rings. The van der Waals surface area contributed by atoms with E-state index in [4.69, 9.17) is 0 Å². The molecule has 14 heavy (non-hydrogen) atoms. The first-order chi connectivity index (χ1) is 6.77. The highest BCUT2D eigenvalue weighted by atomic mass is 14.0. The Bertz CT molecular complexity index is 290. The highest BCUT2D eigenvalue weighted by molar-refractivity contribution is 5.63. The molecule has 0 unspecified atom stereocenters. The second kappa shape index (κ2) is 5.64. The molecule has 0 spiro atoms. The molecule has 0 heterocycles. The molecule has 0 aliphatic heterocycles. The minimum Gasteiger partial charge on any atom is -0.0841 e. The van der Waals surface area contributed by atoms with E-state index in [0.29, 0.717) is 0 Å². The van der Waals surface area contributed by atoms with Crippen molar-refractivity contribution < 1.29 is 0 Å². The molecule has 0 N–H and O–H groups in total. The number of unbranched alkanes of at least 4 members (excludes halogenated alkanes) is 1. The zero-order chi connectivity index (χ0) is 10.4. The molecule has 1 aromatic carbocycles.